The second kappa shape index (κ2) is 7.34. The van der Waals surface area contributed by atoms with Crippen molar-refractivity contribution in [2.75, 3.05) is 11.0 Å². The molecule has 0 spiro atoms. The molecule has 1 atom stereocenters. The van der Waals surface area contributed by atoms with Crippen LogP contribution in [0.3, 0.4) is 0 Å². The minimum Gasteiger partial charge on any atom is -0.410 e. The number of carbonyl (C=O) groups excluding carboxylic acids is 1. The monoisotopic (exact) mass is 392 g/mol. The molecule has 3 rings (SSSR count). The lowest BCUT2D eigenvalue weighted by Gasteiger charge is -2.09. The number of thioether (sulfide) groups is 1. The van der Waals surface area contributed by atoms with Gasteiger partial charge in [-0.1, -0.05) is 11.8 Å². The van der Waals surface area contributed by atoms with Crippen LogP contribution >= 0.6 is 11.8 Å². The van der Waals surface area contributed by atoms with Gasteiger partial charge in [-0.15, -0.1) is 10.2 Å². The largest absolute Gasteiger partial charge is 0.410 e. The van der Waals surface area contributed by atoms with E-state index in [0.29, 0.717) is 28.1 Å². The molecule has 0 amide bonds. The van der Waals surface area contributed by atoms with Crippen molar-refractivity contribution in [2.45, 2.75) is 17.4 Å². The molecular weight excluding hydrogens is 376 g/mol. The number of ketones is 1. The summed E-state index contributed by atoms with van der Waals surface area (Å²) >= 11 is 1.16. The van der Waals surface area contributed by atoms with Crippen molar-refractivity contribution >= 4 is 33.3 Å². The highest BCUT2D eigenvalue weighted by molar-refractivity contribution is 8.00. The van der Waals surface area contributed by atoms with Crippen LogP contribution in [0.25, 0.3) is 11.6 Å². The zero-order valence-electron chi connectivity index (χ0n) is 14.0. The van der Waals surface area contributed by atoms with Crippen LogP contribution in [-0.2, 0) is 10.0 Å². The molecule has 0 saturated heterocycles. The Bertz CT molecular complexity index is 995. The van der Waals surface area contributed by atoms with Crippen LogP contribution in [-0.4, -0.2) is 40.9 Å². The van der Waals surface area contributed by atoms with E-state index in [2.05, 4.69) is 19.9 Å². The normalized spacial score (nSPS) is 12.7. The first kappa shape index (κ1) is 18.2. The average Bonchev–Trinajstić information content (AvgIpc) is 3.24. The van der Waals surface area contributed by atoms with Crippen molar-refractivity contribution in [3.63, 3.8) is 0 Å². The first-order valence-corrected chi connectivity index (χ1v) is 10.3. The quantitative estimate of drug-likeness (QED) is 0.469. The van der Waals surface area contributed by atoms with E-state index in [9.17, 15) is 13.2 Å². The van der Waals surface area contributed by atoms with Gasteiger partial charge in [-0.25, -0.2) is 8.42 Å². The number of nitrogens with one attached hydrogen (secondary N) is 2. The molecule has 0 saturated carbocycles. The Labute approximate surface area is 154 Å². The number of H-pyrrole nitrogens is 1. The molecule has 8 nitrogen and oxygen atoms in total. The highest BCUT2D eigenvalue weighted by Gasteiger charge is 2.20. The van der Waals surface area contributed by atoms with E-state index < -0.39 is 15.3 Å². The number of aromatic nitrogens is 3. The number of carbonyl (C=O) groups is 1. The van der Waals surface area contributed by atoms with Gasteiger partial charge in [0.05, 0.1) is 11.5 Å². The Balaban J connectivity index is 1.66. The zero-order chi connectivity index (χ0) is 18.7. The van der Waals surface area contributed by atoms with Crippen molar-refractivity contribution < 1.29 is 17.6 Å². The summed E-state index contributed by atoms with van der Waals surface area (Å²) in [4.78, 5) is 15.5. The summed E-state index contributed by atoms with van der Waals surface area (Å²) in [5.41, 5.74) is 1.57. The molecule has 0 aliphatic heterocycles. The van der Waals surface area contributed by atoms with Gasteiger partial charge in [0.15, 0.2) is 5.78 Å². The minimum atomic E-state index is -3.35. The van der Waals surface area contributed by atoms with Crippen LogP contribution < -0.4 is 4.72 Å². The SMILES string of the molecule is C[C@@H](Sc1nnc(-c2ccc[nH]2)o1)C(=O)c1ccc(NS(C)(=O)=O)cc1. The topological polar surface area (TPSA) is 118 Å². The fourth-order valence-electron chi connectivity index (χ4n) is 2.19. The first-order chi connectivity index (χ1) is 12.3. The van der Waals surface area contributed by atoms with E-state index in [4.69, 9.17) is 4.42 Å². The predicted octanol–water partition coefficient (Wildman–Crippen LogP) is 2.80. The molecule has 0 bridgehead atoms. The Kier molecular flexibility index (Phi) is 5.14. The minimum absolute atomic E-state index is 0.125. The number of rotatable bonds is 7. The Morgan fingerprint density at radius 1 is 1.23 bits per heavy atom. The maximum absolute atomic E-state index is 12.5. The number of nitrogens with zero attached hydrogens (tertiary/aromatic N) is 2. The summed E-state index contributed by atoms with van der Waals surface area (Å²) in [5, 5.41) is 7.74. The smallest absolute Gasteiger partial charge is 0.277 e. The molecular formula is C16H16N4O4S2. The van der Waals surface area contributed by atoms with Gasteiger partial charge in [0, 0.05) is 17.4 Å². The van der Waals surface area contributed by atoms with Gasteiger partial charge >= 0.3 is 0 Å². The lowest BCUT2D eigenvalue weighted by molar-refractivity contribution is 0.0993. The molecule has 2 N–H and O–H groups in total. The molecule has 0 aliphatic carbocycles. The molecule has 2 aromatic heterocycles. The molecule has 0 unspecified atom stereocenters. The van der Waals surface area contributed by atoms with E-state index in [1.807, 2.05) is 12.1 Å². The zero-order valence-corrected chi connectivity index (χ0v) is 15.6. The molecule has 2 heterocycles. The van der Waals surface area contributed by atoms with Crippen LogP contribution in [0.15, 0.2) is 52.2 Å². The van der Waals surface area contributed by atoms with E-state index in [0.717, 1.165) is 18.0 Å². The van der Waals surface area contributed by atoms with Crippen LogP contribution in [0.4, 0.5) is 5.69 Å². The van der Waals surface area contributed by atoms with Crippen LogP contribution in [0.2, 0.25) is 0 Å². The van der Waals surface area contributed by atoms with Crippen molar-refractivity contribution in [3.05, 3.63) is 48.2 Å². The lowest BCUT2D eigenvalue weighted by Crippen LogP contribution is -2.14. The number of aromatic amines is 1. The number of benzene rings is 1. The Hall–Kier alpha value is -2.59. The van der Waals surface area contributed by atoms with Gasteiger partial charge in [-0.05, 0) is 43.3 Å². The fraction of sp³-hybridized carbons (Fsp3) is 0.188. The van der Waals surface area contributed by atoms with Gasteiger partial charge in [-0.3, -0.25) is 9.52 Å². The third kappa shape index (κ3) is 4.52. The summed E-state index contributed by atoms with van der Waals surface area (Å²) in [7, 11) is -3.35. The van der Waals surface area contributed by atoms with Crippen molar-refractivity contribution in [1.29, 1.82) is 0 Å². The average molecular weight is 392 g/mol. The van der Waals surface area contributed by atoms with Crippen LogP contribution in [0.5, 0.6) is 0 Å². The van der Waals surface area contributed by atoms with Gasteiger partial charge < -0.3 is 9.40 Å². The van der Waals surface area contributed by atoms with Gasteiger partial charge in [0.1, 0.15) is 5.69 Å². The number of sulfonamides is 1. The lowest BCUT2D eigenvalue weighted by atomic mass is 10.1. The highest BCUT2D eigenvalue weighted by atomic mass is 32.2. The van der Waals surface area contributed by atoms with E-state index in [-0.39, 0.29) is 5.78 Å². The Morgan fingerprint density at radius 3 is 2.58 bits per heavy atom. The summed E-state index contributed by atoms with van der Waals surface area (Å²) in [6.45, 7) is 1.74. The molecule has 0 fully saturated rings. The maximum Gasteiger partial charge on any atom is 0.277 e. The Morgan fingerprint density at radius 2 is 1.96 bits per heavy atom. The summed E-state index contributed by atoms with van der Waals surface area (Å²) in [6.07, 6.45) is 2.82. The second-order valence-electron chi connectivity index (χ2n) is 5.53. The summed E-state index contributed by atoms with van der Waals surface area (Å²) in [6, 6.07) is 9.86. The van der Waals surface area contributed by atoms with Gasteiger partial charge in [-0.2, -0.15) is 0 Å². The summed E-state index contributed by atoms with van der Waals surface area (Å²) < 4.78 is 30.3. The third-order valence-electron chi connectivity index (χ3n) is 3.35. The molecule has 0 radical (unpaired) electrons. The van der Waals surface area contributed by atoms with Crippen molar-refractivity contribution in [3.8, 4) is 11.6 Å². The number of anilines is 1. The van der Waals surface area contributed by atoms with Crippen LogP contribution in [0.1, 0.15) is 17.3 Å². The van der Waals surface area contributed by atoms with Crippen molar-refractivity contribution in [2.24, 2.45) is 0 Å². The van der Waals surface area contributed by atoms with Gasteiger partial charge in [0.2, 0.25) is 10.0 Å². The van der Waals surface area contributed by atoms with Crippen LogP contribution in [0, 0.1) is 0 Å². The summed E-state index contributed by atoms with van der Waals surface area (Å²) in [5.74, 6) is 0.230. The molecule has 136 valence electrons. The molecule has 1 aromatic carbocycles. The standard InChI is InChI=1S/C16H16N4O4S2/c1-10(25-16-19-18-15(24-16)13-4-3-9-17-13)14(21)11-5-7-12(8-6-11)20-26(2,22)23/h3-10,17,20H,1-2H3/t10-/m1/s1. The van der Waals surface area contributed by atoms with Crippen molar-refractivity contribution in [1.82, 2.24) is 15.2 Å². The highest BCUT2D eigenvalue weighted by Crippen LogP contribution is 2.27. The molecule has 10 heteroatoms. The number of Topliss-reactive ketones (excluding diaryl/α,β-unsaturated/α-hetero) is 1. The molecule has 26 heavy (non-hydrogen) atoms. The number of hydrogen-bond acceptors (Lipinski definition) is 7. The maximum atomic E-state index is 12.5. The van der Waals surface area contributed by atoms with Gasteiger partial charge in [0.25, 0.3) is 11.1 Å². The van der Waals surface area contributed by atoms with E-state index >= 15 is 0 Å². The molecule has 3 aromatic rings. The molecule has 0 aliphatic rings. The second-order valence-corrected chi connectivity index (χ2v) is 8.57. The predicted molar refractivity (Wildman–Crippen MR) is 98.6 cm³/mol. The number of hydrogen-bond donors (Lipinski definition) is 2. The first-order valence-electron chi connectivity index (χ1n) is 7.58. The van der Waals surface area contributed by atoms with E-state index in [1.54, 1.807) is 37.4 Å². The van der Waals surface area contributed by atoms with E-state index in [1.165, 1.54) is 0 Å². The fourth-order valence-corrected chi connectivity index (χ4v) is 3.51. The third-order valence-corrected chi connectivity index (χ3v) is 4.90.